The Morgan fingerprint density at radius 1 is 1.35 bits per heavy atom. The van der Waals surface area contributed by atoms with Gasteiger partial charge in [-0.25, -0.2) is 0 Å². The van der Waals surface area contributed by atoms with Gasteiger partial charge in [-0.15, -0.1) is 0 Å². The Labute approximate surface area is 106 Å². The number of ether oxygens (including phenoxy) is 2. The predicted molar refractivity (Wildman–Crippen MR) is 71.3 cm³/mol. The van der Waals surface area contributed by atoms with Gasteiger partial charge >= 0.3 is 0 Å². The van der Waals surface area contributed by atoms with E-state index in [1.54, 1.807) is 0 Å². The van der Waals surface area contributed by atoms with Gasteiger partial charge in [-0.2, -0.15) is 0 Å². The lowest BCUT2D eigenvalue weighted by Crippen LogP contribution is -2.39. The van der Waals surface area contributed by atoms with Gasteiger partial charge in [-0.05, 0) is 31.7 Å². The smallest absolute Gasteiger partial charge is 0.0808 e. The lowest BCUT2D eigenvalue weighted by atomic mass is 10.00. The lowest BCUT2D eigenvalue weighted by Gasteiger charge is -2.26. The number of hydrogen-bond acceptors (Lipinski definition) is 3. The van der Waals surface area contributed by atoms with Crippen molar-refractivity contribution >= 4 is 0 Å². The molecule has 3 atom stereocenters. The number of nitrogens with one attached hydrogen (secondary N) is 1. The molecule has 1 heterocycles. The molecule has 0 spiro atoms. The second kappa shape index (κ2) is 8.90. The molecule has 1 rings (SSSR count). The summed E-state index contributed by atoms with van der Waals surface area (Å²) in [5, 5.41) is 3.51. The van der Waals surface area contributed by atoms with Crippen LogP contribution in [0, 0.1) is 5.92 Å². The highest BCUT2D eigenvalue weighted by Gasteiger charge is 2.17. The first-order valence-corrected chi connectivity index (χ1v) is 7.20. The van der Waals surface area contributed by atoms with E-state index in [1.165, 1.54) is 19.3 Å². The first-order chi connectivity index (χ1) is 8.27. The molecule has 1 aliphatic rings. The molecule has 0 radical (unpaired) electrons. The third-order valence-corrected chi connectivity index (χ3v) is 3.67. The van der Waals surface area contributed by atoms with Crippen molar-refractivity contribution in [1.29, 1.82) is 0 Å². The van der Waals surface area contributed by atoms with Gasteiger partial charge in [0, 0.05) is 12.6 Å². The van der Waals surface area contributed by atoms with Gasteiger partial charge in [-0.1, -0.05) is 27.2 Å². The van der Waals surface area contributed by atoms with E-state index in [-0.39, 0.29) is 0 Å². The Morgan fingerprint density at radius 3 is 2.76 bits per heavy atom. The Morgan fingerprint density at radius 2 is 2.18 bits per heavy atom. The van der Waals surface area contributed by atoms with E-state index in [0.717, 1.165) is 32.8 Å². The first kappa shape index (κ1) is 14.9. The van der Waals surface area contributed by atoms with Crippen molar-refractivity contribution in [2.45, 2.75) is 58.6 Å². The summed E-state index contributed by atoms with van der Waals surface area (Å²) in [6.07, 6.45) is 5.19. The summed E-state index contributed by atoms with van der Waals surface area (Å²) in [6, 6.07) is 0.480. The van der Waals surface area contributed by atoms with Crippen molar-refractivity contribution in [3.05, 3.63) is 0 Å². The molecule has 0 saturated carbocycles. The zero-order valence-corrected chi connectivity index (χ0v) is 11.7. The summed E-state index contributed by atoms with van der Waals surface area (Å²) >= 11 is 0. The molecule has 0 bridgehead atoms. The summed E-state index contributed by atoms with van der Waals surface area (Å²) in [5.41, 5.74) is 0. The van der Waals surface area contributed by atoms with Crippen LogP contribution in [-0.4, -0.2) is 38.5 Å². The predicted octanol–water partition coefficient (Wildman–Crippen LogP) is 2.60. The highest BCUT2D eigenvalue weighted by Crippen LogP contribution is 2.14. The first-order valence-electron chi connectivity index (χ1n) is 7.20. The van der Waals surface area contributed by atoms with E-state index in [9.17, 15) is 0 Å². The van der Waals surface area contributed by atoms with Crippen LogP contribution in [-0.2, 0) is 9.47 Å². The van der Waals surface area contributed by atoms with Crippen LogP contribution in [0.2, 0.25) is 0 Å². The summed E-state index contributed by atoms with van der Waals surface area (Å²) in [4.78, 5) is 0. The molecule has 17 heavy (non-hydrogen) atoms. The molecule has 3 heteroatoms. The van der Waals surface area contributed by atoms with Gasteiger partial charge in [-0.3, -0.25) is 0 Å². The summed E-state index contributed by atoms with van der Waals surface area (Å²) in [6.45, 7) is 10.2. The fourth-order valence-corrected chi connectivity index (χ4v) is 2.24. The quantitative estimate of drug-likeness (QED) is 0.711. The highest BCUT2D eigenvalue weighted by molar-refractivity contribution is 4.72. The molecule has 1 saturated heterocycles. The SMILES string of the molecule is CCNC(COCC1CCCCO1)C(C)CC. The van der Waals surface area contributed by atoms with Gasteiger partial charge in [0.2, 0.25) is 0 Å². The molecule has 3 nitrogen and oxygen atoms in total. The van der Waals surface area contributed by atoms with Gasteiger partial charge < -0.3 is 14.8 Å². The molecule has 1 N–H and O–H groups in total. The second-order valence-electron chi connectivity index (χ2n) is 5.08. The number of rotatable bonds is 8. The Balaban J connectivity index is 2.16. The molecule has 1 aliphatic heterocycles. The van der Waals surface area contributed by atoms with Crippen molar-refractivity contribution in [3.63, 3.8) is 0 Å². The van der Waals surface area contributed by atoms with Crippen molar-refractivity contribution in [2.75, 3.05) is 26.4 Å². The van der Waals surface area contributed by atoms with Crippen molar-refractivity contribution in [2.24, 2.45) is 5.92 Å². The van der Waals surface area contributed by atoms with Gasteiger partial charge in [0.1, 0.15) is 0 Å². The minimum Gasteiger partial charge on any atom is -0.377 e. The van der Waals surface area contributed by atoms with Crippen LogP contribution in [0.4, 0.5) is 0 Å². The monoisotopic (exact) mass is 243 g/mol. The van der Waals surface area contributed by atoms with Crippen LogP contribution in [0.25, 0.3) is 0 Å². The van der Waals surface area contributed by atoms with Gasteiger partial charge in [0.05, 0.1) is 19.3 Å². The topological polar surface area (TPSA) is 30.5 Å². The Kier molecular flexibility index (Phi) is 7.82. The molecule has 0 amide bonds. The van der Waals surface area contributed by atoms with Crippen molar-refractivity contribution in [1.82, 2.24) is 5.32 Å². The highest BCUT2D eigenvalue weighted by atomic mass is 16.5. The third kappa shape index (κ3) is 5.84. The van der Waals surface area contributed by atoms with Crippen LogP contribution >= 0.6 is 0 Å². The number of likely N-dealkylation sites (N-methyl/N-ethyl adjacent to an activating group) is 1. The van der Waals surface area contributed by atoms with Crippen LogP contribution < -0.4 is 5.32 Å². The minimum absolute atomic E-state index is 0.336. The fourth-order valence-electron chi connectivity index (χ4n) is 2.24. The summed E-state index contributed by atoms with van der Waals surface area (Å²) < 4.78 is 11.5. The van der Waals surface area contributed by atoms with Gasteiger partial charge in [0.15, 0.2) is 0 Å². The molecule has 0 aromatic rings. The van der Waals surface area contributed by atoms with Crippen molar-refractivity contribution < 1.29 is 9.47 Å². The zero-order chi connectivity index (χ0) is 12.5. The van der Waals surface area contributed by atoms with Crippen LogP contribution in [0.1, 0.15) is 46.5 Å². The summed E-state index contributed by atoms with van der Waals surface area (Å²) in [5.74, 6) is 0.669. The minimum atomic E-state index is 0.336. The van der Waals surface area contributed by atoms with Crippen LogP contribution in [0.5, 0.6) is 0 Å². The average Bonchev–Trinajstić information content (AvgIpc) is 2.38. The molecule has 0 aliphatic carbocycles. The molecule has 1 fully saturated rings. The van der Waals surface area contributed by atoms with Crippen LogP contribution in [0.3, 0.4) is 0 Å². The maximum atomic E-state index is 5.82. The zero-order valence-electron chi connectivity index (χ0n) is 11.7. The molecule has 102 valence electrons. The Bertz CT molecular complexity index is 181. The maximum absolute atomic E-state index is 5.82. The molecular formula is C14H29NO2. The van der Waals surface area contributed by atoms with E-state index < -0.39 is 0 Å². The molecule has 0 aromatic heterocycles. The third-order valence-electron chi connectivity index (χ3n) is 3.67. The molecular weight excluding hydrogens is 214 g/mol. The number of hydrogen-bond donors (Lipinski definition) is 1. The standard InChI is InChI=1S/C14H29NO2/c1-4-12(3)14(15-5-2)11-16-10-13-8-6-7-9-17-13/h12-15H,4-11H2,1-3H3. The molecule has 3 unspecified atom stereocenters. The average molecular weight is 243 g/mol. The van der Waals surface area contributed by atoms with Crippen LogP contribution in [0.15, 0.2) is 0 Å². The lowest BCUT2D eigenvalue weighted by molar-refractivity contribution is -0.0462. The van der Waals surface area contributed by atoms with Gasteiger partial charge in [0.25, 0.3) is 0 Å². The van der Waals surface area contributed by atoms with E-state index in [1.807, 2.05) is 0 Å². The van der Waals surface area contributed by atoms with E-state index >= 15 is 0 Å². The summed E-state index contributed by atoms with van der Waals surface area (Å²) in [7, 11) is 0. The fraction of sp³-hybridized carbons (Fsp3) is 1.00. The normalized spacial score (nSPS) is 24.5. The van der Waals surface area contributed by atoms with E-state index in [4.69, 9.17) is 9.47 Å². The van der Waals surface area contributed by atoms with E-state index in [0.29, 0.717) is 18.1 Å². The van der Waals surface area contributed by atoms with E-state index in [2.05, 4.69) is 26.1 Å². The maximum Gasteiger partial charge on any atom is 0.0808 e. The second-order valence-corrected chi connectivity index (χ2v) is 5.08. The molecule has 0 aromatic carbocycles. The largest absolute Gasteiger partial charge is 0.377 e. The van der Waals surface area contributed by atoms with Crippen molar-refractivity contribution in [3.8, 4) is 0 Å². The Hall–Kier alpha value is -0.120.